The Kier molecular flexibility index (Phi) is 7.54. The fourth-order valence-corrected chi connectivity index (χ4v) is 3.15. The van der Waals surface area contributed by atoms with Gasteiger partial charge in [-0.25, -0.2) is 9.59 Å². The van der Waals surface area contributed by atoms with Crippen LogP contribution in [0.5, 0.6) is 0 Å². The molecule has 0 radical (unpaired) electrons. The van der Waals surface area contributed by atoms with Crippen molar-refractivity contribution in [2.75, 3.05) is 0 Å². The zero-order chi connectivity index (χ0) is 15.8. The molecular formula is C16H30N2O3. The second-order valence-electron chi connectivity index (χ2n) is 6.55. The van der Waals surface area contributed by atoms with E-state index < -0.39 is 12.0 Å². The van der Waals surface area contributed by atoms with Gasteiger partial charge >= 0.3 is 12.0 Å². The molecule has 1 rings (SSSR count). The fourth-order valence-electron chi connectivity index (χ4n) is 3.15. The zero-order valence-corrected chi connectivity index (χ0v) is 13.5. The number of carboxylic acids is 1. The van der Waals surface area contributed by atoms with Gasteiger partial charge in [-0.2, -0.15) is 0 Å². The molecule has 2 atom stereocenters. The maximum atomic E-state index is 12.1. The van der Waals surface area contributed by atoms with Gasteiger partial charge in [0.1, 0.15) is 6.04 Å². The molecule has 0 saturated heterocycles. The number of aliphatic carboxylic acids is 1. The second-order valence-corrected chi connectivity index (χ2v) is 6.55. The molecule has 3 N–H and O–H groups in total. The molecule has 122 valence electrons. The van der Waals surface area contributed by atoms with E-state index in [0.29, 0.717) is 12.3 Å². The molecule has 0 aliphatic heterocycles. The number of hydrogen-bond donors (Lipinski definition) is 3. The van der Waals surface area contributed by atoms with Crippen LogP contribution in [0.15, 0.2) is 0 Å². The van der Waals surface area contributed by atoms with E-state index >= 15 is 0 Å². The molecule has 0 spiro atoms. The molecule has 1 saturated carbocycles. The van der Waals surface area contributed by atoms with E-state index in [0.717, 1.165) is 19.3 Å². The second kappa shape index (κ2) is 8.90. The molecule has 0 aromatic rings. The summed E-state index contributed by atoms with van der Waals surface area (Å²) in [7, 11) is 0. The Hall–Kier alpha value is -1.26. The maximum absolute atomic E-state index is 12.1. The minimum Gasteiger partial charge on any atom is -0.480 e. The van der Waals surface area contributed by atoms with Crippen LogP contribution in [0.2, 0.25) is 0 Å². The molecule has 5 heteroatoms. The summed E-state index contributed by atoms with van der Waals surface area (Å²) in [5.41, 5.74) is 0. The van der Waals surface area contributed by atoms with Gasteiger partial charge in [0.05, 0.1) is 0 Å². The van der Waals surface area contributed by atoms with E-state index in [1.165, 1.54) is 19.3 Å². The van der Waals surface area contributed by atoms with E-state index in [1.54, 1.807) is 0 Å². The summed E-state index contributed by atoms with van der Waals surface area (Å²) in [5.74, 6) is -0.209. The first-order chi connectivity index (χ1) is 9.93. The van der Waals surface area contributed by atoms with Gasteiger partial charge in [-0.3, -0.25) is 0 Å². The van der Waals surface area contributed by atoms with Crippen LogP contribution in [-0.2, 0) is 4.79 Å². The number of rotatable bonds is 7. The van der Waals surface area contributed by atoms with Crippen LogP contribution in [0.25, 0.3) is 0 Å². The lowest BCUT2D eigenvalue weighted by molar-refractivity contribution is -0.139. The van der Waals surface area contributed by atoms with Crippen LogP contribution in [0.4, 0.5) is 4.79 Å². The lowest BCUT2D eigenvalue weighted by Gasteiger charge is -2.30. The standard InChI is InChI=1S/C16H30N2O3/c1-4-13(12-8-6-5-7-9-12)17-16(21)18-14(15(19)20)10-11(2)3/h11-14H,4-10H2,1-3H3,(H,19,20)(H2,17,18,21)/t13?,14-/m0/s1. The molecule has 1 aliphatic rings. The molecule has 0 bridgehead atoms. The quantitative estimate of drug-likeness (QED) is 0.675. The fraction of sp³-hybridized carbons (Fsp3) is 0.875. The van der Waals surface area contributed by atoms with Crippen molar-refractivity contribution in [1.82, 2.24) is 10.6 Å². The molecule has 1 unspecified atom stereocenters. The van der Waals surface area contributed by atoms with Crippen LogP contribution >= 0.6 is 0 Å². The Labute approximate surface area is 127 Å². The average molecular weight is 298 g/mol. The van der Waals surface area contributed by atoms with Crippen molar-refractivity contribution < 1.29 is 14.7 Å². The lowest BCUT2D eigenvalue weighted by Crippen LogP contribution is -2.51. The molecule has 5 nitrogen and oxygen atoms in total. The summed E-state index contributed by atoms with van der Waals surface area (Å²) in [5, 5.41) is 14.8. The minimum absolute atomic E-state index is 0.152. The third kappa shape index (κ3) is 6.36. The van der Waals surface area contributed by atoms with E-state index in [-0.39, 0.29) is 18.0 Å². The van der Waals surface area contributed by atoms with Crippen LogP contribution in [-0.4, -0.2) is 29.2 Å². The highest BCUT2D eigenvalue weighted by Gasteiger charge is 2.26. The van der Waals surface area contributed by atoms with Crippen molar-refractivity contribution in [2.45, 2.75) is 77.8 Å². The highest BCUT2D eigenvalue weighted by Crippen LogP contribution is 2.27. The van der Waals surface area contributed by atoms with E-state index in [2.05, 4.69) is 17.6 Å². The van der Waals surface area contributed by atoms with Crippen LogP contribution in [0.1, 0.15) is 65.7 Å². The van der Waals surface area contributed by atoms with Crippen molar-refractivity contribution in [3.05, 3.63) is 0 Å². The third-order valence-electron chi connectivity index (χ3n) is 4.29. The zero-order valence-electron chi connectivity index (χ0n) is 13.5. The predicted octanol–water partition coefficient (Wildman–Crippen LogP) is 3.14. The largest absolute Gasteiger partial charge is 0.480 e. The first-order valence-corrected chi connectivity index (χ1v) is 8.23. The smallest absolute Gasteiger partial charge is 0.326 e. The third-order valence-corrected chi connectivity index (χ3v) is 4.29. The van der Waals surface area contributed by atoms with E-state index in [9.17, 15) is 9.59 Å². The van der Waals surface area contributed by atoms with Gasteiger partial charge in [0, 0.05) is 6.04 Å². The van der Waals surface area contributed by atoms with Gasteiger partial charge in [0.15, 0.2) is 0 Å². The number of carboxylic acid groups (broad SMARTS) is 1. The highest BCUT2D eigenvalue weighted by molar-refractivity contribution is 5.82. The van der Waals surface area contributed by atoms with Gasteiger partial charge in [-0.1, -0.05) is 40.0 Å². The molecule has 0 aromatic carbocycles. The first kappa shape index (κ1) is 17.8. The summed E-state index contributed by atoms with van der Waals surface area (Å²) in [6, 6.07) is -1.01. The summed E-state index contributed by atoms with van der Waals surface area (Å²) in [6.45, 7) is 5.97. The van der Waals surface area contributed by atoms with Gasteiger partial charge in [0.2, 0.25) is 0 Å². The molecule has 21 heavy (non-hydrogen) atoms. The van der Waals surface area contributed by atoms with Crippen LogP contribution in [0, 0.1) is 11.8 Å². The Morgan fingerprint density at radius 2 is 1.76 bits per heavy atom. The Morgan fingerprint density at radius 3 is 2.24 bits per heavy atom. The number of carbonyl (C=O) groups is 2. The SMILES string of the molecule is CCC(NC(=O)N[C@@H](CC(C)C)C(=O)O)C1CCCCC1. The minimum atomic E-state index is -0.968. The van der Waals surface area contributed by atoms with Gasteiger partial charge in [-0.05, 0) is 37.5 Å². The lowest BCUT2D eigenvalue weighted by atomic mass is 9.83. The van der Waals surface area contributed by atoms with E-state index in [4.69, 9.17) is 5.11 Å². The molecule has 0 aromatic heterocycles. The predicted molar refractivity (Wildman–Crippen MR) is 83.2 cm³/mol. The number of nitrogens with one attached hydrogen (secondary N) is 2. The van der Waals surface area contributed by atoms with Crippen LogP contribution in [0.3, 0.4) is 0 Å². The van der Waals surface area contributed by atoms with Crippen molar-refractivity contribution in [2.24, 2.45) is 11.8 Å². The van der Waals surface area contributed by atoms with Gasteiger partial charge in [-0.15, -0.1) is 0 Å². The topological polar surface area (TPSA) is 78.4 Å². The normalized spacial score (nSPS) is 19.0. The monoisotopic (exact) mass is 298 g/mol. The van der Waals surface area contributed by atoms with Crippen molar-refractivity contribution in [3.63, 3.8) is 0 Å². The number of urea groups is 1. The average Bonchev–Trinajstić information content (AvgIpc) is 2.44. The Morgan fingerprint density at radius 1 is 1.14 bits per heavy atom. The molecule has 2 amide bonds. The number of amides is 2. The Balaban J connectivity index is 2.50. The van der Waals surface area contributed by atoms with Crippen molar-refractivity contribution in [3.8, 4) is 0 Å². The molecule has 0 heterocycles. The molecular weight excluding hydrogens is 268 g/mol. The number of hydrogen-bond acceptors (Lipinski definition) is 2. The van der Waals surface area contributed by atoms with Crippen molar-refractivity contribution in [1.29, 1.82) is 0 Å². The van der Waals surface area contributed by atoms with Crippen molar-refractivity contribution >= 4 is 12.0 Å². The number of carbonyl (C=O) groups excluding carboxylic acids is 1. The van der Waals surface area contributed by atoms with E-state index in [1.807, 2.05) is 13.8 Å². The Bertz CT molecular complexity index is 338. The van der Waals surface area contributed by atoms with Crippen LogP contribution < -0.4 is 10.6 Å². The molecule has 1 fully saturated rings. The van der Waals surface area contributed by atoms with Gasteiger partial charge < -0.3 is 15.7 Å². The summed E-state index contributed by atoms with van der Waals surface area (Å²) in [6.07, 6.45) is 7.41. The maximum Gasteiger partial charge on any atom is 0.326 e. The highest BCUT2D eigenvalue weighted by atomic mass is 16.4. The molecule has 1 aliphatic carbocycles. The first-order valence-electron chi connectivity index (χ1n) is 8.23. The van der Waals surface area contributed by atoms with Gasteiger partial charge in [0.25, 0.3) is 0 Å². The summed E-state index contributed by atoms with van der Waals surface area (Å²) < 4.78 is 0. The summed E-state index contributed by atoms with van der Waals surface area (Å²) in [4.78, 5) is 23.3. The summed E-state index contributed by atoms with van der Waals surface area (Å²) >= 11 is 0.